The van der Waals surface area contributed by atoms with Gasteiger partial charge < -0.3 is 14.5 Å². The second kappa shape index (κ2) is 7.37. The summed E-state index contributed by atoms with van der Waals surface area (Å²) in [4.78, 5) is 18.4. The largest absolute Gasteiger partial charge is 0.423 e. The number of halogens is 1. The molecule has 4 nitrogen and oxygen atoms in total. The van der Waals surface area contributed by atoms with Crippen molar-refractivity contribution >= 4 is 52.9 Å². The zero-order valence-corrected chi connectivity index (χ0v) is 15.9. The average Bonchev–Trinajstić information content (AvgIpc) is 3.27. The van der Waals surface area contributed by atoms with Gasteiger partial charge in [-0.3, -0.25) is 0 Å². The fraction of sp³-hybridized carbons (Fsp3) is 0.263. The Hall–Kier alpha value is -1.92. The van der Waals surface area contributed by atoms with Crippen LogP contribution in [0, 0.1) is 0 Å². The van der Waals surface area contributed by atoms with Gasteiger partial charge in [0.05, 0.1) is 0 Å². The number of rotatable bonds is 5. The SMILES string of the molecule is CSc1ccccc1C(=O)B1CCC(Nc2nc3ccc(Cl)cc3o2)C1. The van der Waals surface area contributed by atoms with Crippen molar-refractivity contribution in [2.45, 2.75) is 30.0 Å². The van der Waals surface area contributed by atoms with Crippen molar-refractivity contribution in [3.8, 4) is 0 Å². The molecule has 1 fully saturated rings. The minimum atomic E-state index is 0.0413. The van der Waals surface area contributed by atoms with Crippen molar-refractivity contribution < 1.29 is 9.21 Å². The Morgan fingerprint density at radius 1 is 1.35 bits per heavy atom. The summed E-state index contributed by atoms with van der Waals surface area (Å²) in [6, 6.07) is 13.9. The van der Waals surface area contributed by atoms with E-state index in [1.54, 1.807) is 23.9 Å². The Labute approximate surface area is 161 Å². The number of hydrogen-bond acceptors (Lipinski definition) is 5. The first kappa shape index (κ1) is 17.5. The molecule has 0 bridgehead atoms. The van der Waals surface area contributed by atoms with Crippen LogP contribution in [0.25, 0.3) is 11.1 Å². The van der Waals surface area contributed by atoms with Gasteiger partial charge in [-0.15, -0.1) is 11.8 Å². The predicted molar refractivity (Wildman–Crippen MR) is 109 cm³/mol. The monoisotopic (exact) mass is 384 g/mol. The van der Waals surface area contributed by atoms with Crippen molar-refractivity contribution in [1.29, 1.82) is 0 Å². The van der Waals surface area contributed by atoms with Gasteiger partial charge in [0.2, 0.25) is 6.71 Å². The summed E-state index contributed by atoms with van der Waals surface area (Å²) in [6.07, 6.45) is 4.61. The van der Waals surface area contributed by atoms with E-state index in [1.807, 2.05) is 36.6 Å². The minimum Gasteiger partial charge on any atom is -0.423 e. The highest BCUT2D eigenvalue weighted by molar-refractivity contribution is 7.98. The van der Waals surface area contributed by atoms with Gasteiger partial charge in [-0.25, -0.2) is 0 Å². The molecule has 1 aromatic heterocycles. The molecule has 0 spiro atoms. The number of anilines is 1. The smallest absolute Gasteiger partial charge is 0.295 e. The number of benzene rings is 2. The van der Waals surface area contributed by atoms with E-state index >= 15 is 0 Å². The Kier molecular flexibility index (Phi) is 4.96. The summed E-state index contributed by atoms with van der Waals surface area (Å²) >= 11 is 7.60. The molecule has 0 amide bonds. The molecular weight excluding hydrogens is 367 g/mol. The van der Waals surface area contributed by atoms with Crippen molar-refractivity contribution in [3.63, 3.8) is 0 Å². The second-order valence-corrected chi connectivity index (χ2v) is 7.83. The van der Waals surface area contributed by atoms with E-state index in [9.17, 15) is 4.79 Å². The Balaban J connectivity index is 1.45. The van der Waals surface area contributed by atoms with E-state index in [0.717, 1.165) is 35.0 Å². The van der Waals surface area contributed by atoms with E-state index < -0.39 is 0 Å². The lowest BCUT2D eigenvalue weighted by atomic mass is 9.44. The first-order valence-electron chi connectivity index (χ1n) is 8.64. The average molecular weight is 385 g/mol. The van der Waals surface area contributed by atoms with Crippen LogP contribution < -0.4 is 5.32 Å². The van der Waals surface area contributed by atoms with Crippen LogP contribution in [0.3, 0.4) is 0 Å². The number of hydrogen-bond donors (Lipinski definition) is 1. The fourth-order valence-corrected chi connectivity index (χ4v) is 4.32. The first-order chi connectivity index (χ1) is 12.6. The van der Waals surface area contributed by atoms with Crippen LogP contribution in [-0.2, 0) is 0 Å². The summed E-state index contributed by atoms with van der Waals surface area (Å²) in [5.74, 6) is 0. The quantitative estimate of drug-likeness (QED) is 0.477. The number of fused-ring (bicyclic) bond motifs is 1. The van der Waals surface area contributed by atoms with Crippen LogP contribution in [0.4, 0.5) is 6.01 Å². The van der Waals surface area contributed by atoms with Crippen LogP contribution >= 0.6 is 23.4 Å². The summed E-state index contributed by atoms with van der Waals surface area (Å²) in [5, 5.41) is 3.96. The van der Waals surface area contributed by atoms with Crippen LogP contribution in [-0.4, -0.2) is 29.7 Å². The normalized spacial score (nSPS) is 17.0. The molecule has 2 aromatic carbocycles. The first-order valence-corrected chi connectivity index (χ1v) is 10.2. The molecule has 0 saturated carbocycles. The van der Waals surface area contributed by atoms with Crippen molar-refractivity contribution in [3.05, 3.63) is 53.1 Å². The van der Waals surface area contributed by atoms with E-state index in [0.29, 0.717) is 16.6 Å². The molecule has 0 radical (unpaired) electrons. The van der Waals surface area contributed by atoms with Crippen molar-refractivity contribution in [2.24, 2.45) is 0 Å². The number of nitrogens with one attached hydrogen (secondary N) is 1. The highest BCUT2D eigenvalue weighted by atomic mass is 35.5. The molecule has 0 aliphatic carbocycles. The maximum absolute atomic E-state index is 12.9. The van der Waals surface area contributed by atoms with Gasteiger partial charge in [-0.1, -0.05) is 36.1 Å². The van der Waals surface area contributed by atoms with E-state index in [4.69, 9.17) is 16.0 Å². The minimum absolute atomic E-state index is 0.0413. The lowest BCUT2D eigenvalue weighted by molar-refractivity contribution is 0.106. The number of aromatic nitrogens is 1. The second-order valence-electron chi connectivity index (χ2n) is 6.55. The molecule has 132 valence electrons. The Morgan fingerprint density at radius 2 is 2.19 bits per heavy atom. The molecule has 1 aliphatic rings. The molecule has 1 unspecified atom stereocenters. The van der Waals surface area contributed by atoms with Crippen LogP contribution in [0.1, 0.15) is 16.8 Å². The highest BCUT2D eigenvalue weighted by Crippen LogP contribution is 2.30. The molecule has 26 heavy (non-hydrogen) atoms. The molecule has 7 heteroatoms. The number of nitrogens with zero attached hydrogens (tertiary/aromatic N) is 1. The van der Waals surface area contributed by atoms with Gasteiger partial charge in [0.15, 0.2) is 5.58 Å². The van der Waals surface area contributed by atoms with Crippen LogP contribution in [0.2, 0.25) is 17.7 Å². The van der Waals surface area contributed by atoms with Crippen molar-refractivity contribution in [1.82, 2.24) is 4.98 Å². The molecule has 1 atom stereocenters. The summed E-state index contributed by atoms with van der Waals surface area (Å²) in [6.45, 7) is 0.0413. The van der Waals surface area contributed by atoms with Gasteiger partial charge in [0.25, 0.3) is 6.01 Å². The maximum atomic E-state index is 12.9. The summed E-state index contributed by atoms with van der Waals surface area (Å²) in [7, 11) is 0. The molecule has 1 aliphatic heterocycles. The lowest BCUT2D eigenvalue weighted by Gasteiger charge is -2.11. The molecule has 3 aromatic rings. The van der Waals surface area contributed by atoms with Crippen molar-refractivity contribution in [2.75, 3.05) is 11.6 Å². The highest BCUT2D eigenvalue weighted by Gasteiger charge is 2.35. The molecule has 2 heterocycles. The van der Waals surface area contributed by atoms with E-state index in [-0.39, 0.29) is 18.4 Å². The van der Waals surface area contributed by atoms with Gasteiger partial charge in [0.1, 0.15) is 11.2 Å². The topological polar surface area (TPSA) is 55.1 Å². The summed E-state index contributed by atoms with van der Waals surface area (Å²) < 4.78 is 5.73. The van der Waals surface area contributed by atoms with Gasteiger partial charge in [0, 0.05) is 27.6 Å². The Bertz CT molecular complexity index is 962. The third-order valence-corrected chi connectivity index (χ3v) is 5.88. The molecule has 4 rings (SSSR count). The molecular formula is C19H18BClN2O2S. The number of oxazole rings is 1. The van der Waals surface area contributed by atoms with Gasteiger partial charge in [-0.2, -0.15) is 4.98 Å². The summed E-state index contributed by atoms with van der Waals surface area (Å²) in [5.41, 5.74) is 2.52. The van der Waals surface area contributed by atoms with E-state index in [1.165, 1.54) is 0 Å². The number of carbonyl (C=O) groups is 1. The lowest BCUT2D eigenvalue weighted by Crippen LogP contribution is -2.25. The van der Waals surface area contributed by atoms with E-state index in [2.05, 4.69) is 10.3 Å². The van der Waals surface area contributed by atoms with Gasteiger partial charge >= 0.3 is 0 Å². The zero-order valence-electron chi connectivity index (χ0n) is 14.4. The number of thioether (sulfide) groups is 1. The fourth-order valence-electron chi connectivity index (χ4n) is 3.55. The zero-order chi connectivity index (χ0) is 18.1. The third kappa shape index (κ3) is 3.48. The maximum Gasteiger partial charge on any atom is 0.295 e. The molecule has 1 saturated heterocycles. The Morgan fingerprint density at radius 3 is 3.04 bits per heavy atom. The van der Waals surface area contributed by atoms with Crippen LogP contribution in [0.15, 0.2) is 51.8 Å². The standard InChI is InChI=1S/C19H18BClN2O2S/c1-26-17-5-3-2-4-14(17)18(24)20-9-8-13(11-20)22-19-23-15-7-6-12(21)10-16(15)25-19/h2-7,10,13H,8-9,11H2,1H3,(H,22,23). The third-order valence-electron chi connectivity index (χ3n) is 4.85. The number of carbonyl (C=O) groups excluding carboxylic acids is 1. The van der Waals surface area contributed by atoms with Crippen LogP contribution in [0.5, 0.6) is 0 Å². The molecule has 1 N–H and O–H groups in total. The predicted octanol–water partition coefficient (Wildman–Crippen LogP) is 5.30. The van der Waals surface area contributed by atoms with Gasteiger partial charge in [-0.05, 0) is 37.2 Å².